The molecule has 0 saturated carbocycles. The van der Waals surface area contributed by atoms with Crippen LogP contribution in [0.25, 0.3) is 17.0 Å². The first kappa shape index (κ1) is 9.35. The fourth-order valence-corrected chi connectivity index (χ4v) is 1.65. The summed E-state index contributed by atoms with van der Waals surface area (Å²) in [6.07, 6.45) is 3.93. The molecule has 0 aliphatic rings. The van der Waals surface area contributed by atoms with Gasteiger partial charge in [0, 0.05) is 16.8 Å². The molecule has 0 atom stereocenters. The molecule has 0 N–H and O–H groups in total. The summed E-state index contributed by atoms with van der Waals surface area (Å²) < 4.78 is 5.60. The maximum absolute atomic E-state index is 5.60. The van der Waals surface area contributed by atoms with E-state index in [0.717, 1.165) is 22.3 Å². The first-order valence-corrected chi connectivity index (χ1v) is 5.07. The molecule has 1 nitrogen and oxygen atoms in total. The standard InChI is InChI=1S/C12H11ClO/c1-9-10(6-4-8-13)11-5-2-3-7-12(11)14-9/h2-7H,8H2,1H3/b6-4+. The minimum Gasteiger partial charge on any atom is -0.461 e. The van der Waals surface area contributed by atoms with Gasteiger partial charge in [-0.25, -0.2) is 0 Å². The van der Waals surface area contributed by atoms with Crippen molar-refractivity contribution in [1.82, 2.24) is 0 Å². The first-order chi connectivity index (χ1) is 6.83. The largest absolute Gasteiger partial charge is 0.461 e. The van der Waals surface area contributed by atoms with E-state index in [1.54, 1.807) is 0 Å². The molecule has 1 aromatic heterocycles. The van der Waals surface area contributed by atoms with E-state index in [1.165, 1.54) is 0 Å². The summed E-state index contributed by atoms with van der Waals surface area (Å²) in [5, 5.41) is 1.14. The predicted molar refractivity (Wildman–Crippen MR) is 60.7 cm³/mol. The van der Waals surface area contributed by atoms with Crippen LogP contribution in [0.3, 0.4) is 0 Å². The molecule has 0 aliphatic carbocycles. The normalized spacial score (nSPS) is 11.6. The van der Waals surface area contributed by atoms with Crippen LogP contribution >= 0.6 is 11.6 Å². The third-order valence-corrected chi connectivity index (χ3v) is 2.37. The number of allylic oxidation sites excluding steroid dienone is 1. The van der Waals surface area contributed by atoms with Gasteiger partial charge in [0.1, 0.15) is 11.3 Å². The molecule has 72 valence electrons. The maximum Gasteiger partial charge on any atom is 0.134 e. The Morgan fingerprint density at radius 1 is 1.36 bits per heavy atom. The van der Waals surface area contributed by atoms with Gasteiger partial charge in [-0.2, -0.15) is 0 Å². The molecule has 2 rings (SSSR count). The lowest BCUT2D eigenvalue weighted by Gasteiger charge is -1.89. The molecular formula is C12H11ClO. The number of halogens is 1. The van der Waals surface area contributed by atoms with Crippen molar-refractivity contribution in [2.45, 2.75) is 6.92 Å². The van der Waals surface area contributed by atoms with Crippen molar-refractivity contribution in [2.75, 3.05) is 5.88 Å². The van der Waals surface area contributed by atoms with E-state index < -0.39 is 0 Å². The molecule has 2 heteroatoms. The van der Waals surface area contributed by atoms with Crippen LogP contribution in [-0.4, -0.2) is 5.88 Å². The fourth-order valence-electron chi connectivity index (χ4n) is 1.56. The van der Waals surface area contributed by atoms with Gasteiger partial charge in [0.05, 0.1) is 0 Å². The third kappa shape index (κ3) is 1.55. The number of benzene rings is 1. The number of aryl methyl sites for hydroxylation is 1. The molecule has 0 aliphatic heterocycles. The minimum atomic E-state index is 0.527. The highest BCUT2D eigenvalue weighted by Gasteiger charge is 2.06. The van der Waals surface area contributed by atoms with Crippen LogP contribution < -0.4 is 0 Å². The average Bonchev–Trinajstić information content (AvgIpc) is 2.51. The Hall–Kier alpha value is -1.21. The number of furan rings is 1. The smallest absolute Gasteiger partial charge is 0.134 e. The van der Waals surface area contributed by atoms with E-state index in [4.69, 9.17) is 16.0 Å². The van der Waals surface area contributed by atoms with Crippen LogP contribution in [0.4, 0.5) is 0 Å². The van der Waals surface area contributed by atoms with Gasteiger partial charge in [-0.1, -0.05) is 30.4 Å². The molecule has 1 heterocycles. The number of hydrogen-bond acceptors (Lipinski definition) is 1. The van der Waals surface area contributed by atoms with Gasteiger partial charge in [0.25, 0.3) is 0 Å². The topological polar surface area (TPSA) is 13.1 Å². The number of fused-ring (bicyclic) bond motifs is 1. The minimum absolute atomic E-state index is 0.527. The van der Waals surface area contributed by atoms with Gasteiger partial charge in [-0.15, -0.1) is 11.6 Å². The number of hydrogen-bond donors (Lipinski definition) is 0. The van der Waals surface area contributed by atoms with Gasteiger partial charge >= 0.3 is 0 Å². The van der Waals surface area contributed by atoms with E-state index in [1.807, 2.05) is 37.3 Å². The zero-order chi connectivity index (χ0) is 9.97. The summed E-state index contributed by atoms with van der Waals surface area (Å²) >= 11 is 5.60. The zero-order valence-corrected chi connectivity index (χ0v) is 8.71. The van der Waals surface area contributed by atoms with Gasteiger partial charge < -0.3 is 4.42 Å². The Balaban J connectivity index is 2.62. The van der Waals surface area contributed by atoms with E-state index >= 15 is 0 Å². The lowest BCUT2D eigenvalue weighted by Crippen LogP contribution is -1.72. The number of para-hydroxylation sites is 1. The average molecular weight is 207 g/mol. The van der Waals surface area contributed by atoms with Crippen LogP contribution in [-0.2, 0) is 0 Å². The second-order valence-corrected chi connectivity index (χ2v) is 3.43. The predicted octanol–water partition coefficient (Wildman–Crippen LogP) is 3.99. The zero-order valence-electron chi connectivity index (χ0n) is 7.96. The number of alkyl halides is 1. The molecule has 0 unspecified atom stereocenters. The Kier molecular flexibility index (Phi) is 2.60. The Morgan fingerprint density at radius 3 is 2.93 bits per heavy atom. The third-order valence-electron chi connectivity index (χ3n) is 2.19. The molecule has 0 saturated heterocycles. The van der Waals surface area contributed by atoms with Crippen LogP contribution in [0.2, 0.25) is 0 Å². The van der Waals surface area contributed by atoms with Gasteiger partial charge in [-0.3, -0.25) is 0 Å². The van der Waals surface area contributed by atoms with Crippen molar-refractivity contribution < 1.29 is 4.42 Å². The van der Waals surface area contributed by atoms with Crippen LogP contribution in [0.5, 0.6) is 0 Å². The second-order valence-electron chi connectivity index (χ2n) is 3.12. The Labute approximate surface area is 88.0 Å². The van der Waals surface area contributed by atoms with Gasteiger partial charge in [-0.05, 0) is 13.0 Å². The molecule has 0 radical (unpaired) electrons. The highest BCUT2D eigenvalue weighted by Crippen LogP contribution is 2.26. The Bertz CT molecular complexity index is 468. The number of rotatable bonds is 2. The SMILES string of the molecule is Cc1oc2ccccc2c1/C=C/CCl. The summed E-state index contributed by atoms with van der Waals surface area (Å²) in [4.78, 5) is 0. The van der Waals surface area contributed by atoms with Gasteiger partial charge in [0.2, 0.25) is 0 Å². The maximum atomic E-state index is 5.60. The fraction of sp³-hybridized carbons (Fsp3) is 0.167. The van der Waals surface area contributed by atoms with E-state index in [9.17, 15) is 0 Å². The van der Waals surface area contributed by atoms with E-state index in [-0.39, 0.29) is 0 Å². The van der Waals surface area contributed by atoms with Crippen LogP contribution in [0.15, 0.2) is 34.8 Å². The summed E-state index contributed by atoms with van der Waals surface area (Å²) in [5.41, 5.74) is 2.06. The molecule has 1 aromatic carbocycles. The lowest BCUT2D eigenvalue weighted by molar-refractivity contribution is 0.577. The Morgan fingerprint density at radius 2 is 2.14 bits per heavy atom. The molecular weight excluding hydrogens is 196 g/mol. The van der Waals surface area contributed by atoms with Crippen molar-refractivity contribution in [1.29, 1.82) is 0 Å². The van der Waals surface area contributed by atoms with E-state index in [0.29, 0.717) is 5.88 Å². The lowest BCUT2D eigenvalue weighted by atomic mass is 10.1. The highest BCUT2D eigenvalue weighted by atomic mass is 35.5. The van der Waals surface area contributed by atoms with Crippen molar-refractivity contribution >= 4 is 28.6 Å². The summed E-state index contributed by atoms with van der Waals surface area (Å²) in [7, 11) is 0. The first-order valence-electron chi connectivity index (χ1n) is 4.53. The second kappa shape index (κ2) is 3.89. The van der Waals surface area contributed by atoms with E-state index in [2.05, 4.69) is 6.07 Å². The molecule has 2 aromatic rings. The summed E-state index contributed by atoms with van der Waals surface area (Å²) in [6.45, 7) is 1.97. The quantitative estimate of drug-likeness (QED) is 0.678. The summed E-state index contributed by atoms with van der Waals surface area (Å²) in [6, 6.07) is 8.01. The molecule has 0 fully saturated rings. The van der Waals surface area contributed by atoms with Crippen molar-refractivity contribution in [3.8, 4) is 0 Å². The van der Waals surface area contributed by atoms with Crippen molar-refractivity contribution in [2.24, 2.45) is 0 Å². The highest BCUT2D eigenvalue weighted by molar-refractivity contribution is 6.19. The van der Waals surface area contributed by atoms with Crippen LogP contribution in [0.1, 0.15) is 11.3 Å². The monoisotopic (exact) mass is 206 g/mol. The molecule has 0 spiro atoms. The van der Waals surface area contributed by atoms with Gasteiger partial charge in [0.15, 0.2) is 0 Å². The van der Waals surface area contributed by atoms with Crippen LogP contribution in [0, 0.1) is 6.92 Å². The van der Waals surface area contributed by atoms with Crippen molar-refractivity contribution in [3.05, 3.63) is 41.7 Å². The molecule has 0 bridgehead atoms. The molecule has 14 heavy (non-hydrogen) atoms. The molecule has 0 amide bonds. The van der Waals surface area contributed by atoms with Crippen molar-refractivity contribution in [3.63, 3.8) is 0 Å². The summed E-state index contributed by atoms with van der Waals surface area (Å²) in [5.74, 6) is 1.46.